The average Bonchev–Trinajstić information content (AvgIpc) is 2.56. The number of thioether (sulfide) groups is 1. The van der Waals surface area contributed by atoms with Crippen molar-refractivity contribution in [3.05, 3.63) is 30.3 Å². The third-order valence-corrected chi connectivity index (χ3v) is 4.11. The normalized spacial score (nSPS) is 10.7. The Labute approximate surface area is 167 Å². The molecule has 0 spiro atoms. The van der Waals surface area contributed by atoms with Crippen molar-refractivity contribution in [3.8, 4) is 0 Å². The molecule has 0 unspecified atom stereocenters. The molecule has 1 aromatic carbocycles. The van der Waals surface area contributed by atoms with Crippen LogP contribution in [0.25, 0.3) is 0 Å². The number of nitrogens with one attached hydrogen (secondary N) is 2. The number of unbranched alkanes of at least 4 members (excludes halogenated alkanes) is 1. The maximum Gasteiger partial charge on any atom is 0.243 e. The van der Waals surface area contributed by atoms with E-state index in [1.165, 1.54) is 4.90 Å². The lowest BCUT2D eigenvalue weighted by Gasteiger charge is -2.13. The molecule has 0 radical (unpaired) electrons. The second-order valence-electron chi connectivity index (χ2n) is 5.32. The Balaban J connectivity index is 0.00000529. The van der Waals surface area contributed by atoms with E-state index in [1.807, 2.05) is 18.2 Å². The first-order valence-electron chi connectivity index (χ1n) is 8.03. The summed E-state index contributed by atoms with van der Waals surface area (Å²) in [7, 11) is 3.48. The number of carbonyl (C=O) groups excluding carboxylic acids is 1. The number of amides is 1. The maximum atomic E-state index is 11.7. The van der Waals surface area contributed by atoms with Gasteiger partial charge in [-0.25, -0.2) is 4.99 Å². The number of benzene rings is 1. The highest BCUT2D eigenvalue weighted by Gasteiger charge is 2.04. The summed E-state index contributed by atoms with van der Waals surface area (Å²) in [6, 6.07) is 10.3. The molecule has 1 amide bonds. The molecule has 1 rings (SSSR count). The van der Waals surface area contributed by atoms with Crippen LogP contribution in [0.4, 0.5) is 0 Å². The van der Waals surface area contributed by atoms with Gasteiger partial charge in [0.2, 0.25) is 5.91 Å². The number of likely N-dealkylation sites (N-methyl/N-ethyl adjacent to an activating group) is 1. The largest absolute Gasteiger partial charge is 0.356 e. The lowest BCUT2D eigenvalue weighted by atomic mass is 10.3. The number of nitrogens with zero attached hydrogens (tertiary/aromatic N) is 2. The third kappa shape index (κ3) is 10.7. The van der Waals surface area contributed by atoms with E-state index >= 15 is 0 Å². The van der Waals surface area contributed by atoms with Crippen LogP contribution in [0.2, 0.25) is 0 Å². The zero-order valence-electron chi connectivity index (χ0n) is 14.7. The zero-order chi connectivity index (χ0) is 16.9. The van der Waals surface area contributed by atoms with E-state index in [0.29, 0.717) is 5.96 Å². The minimum atomic E-state index is 0. The third-order valence-electron chi connectivity index (χ3n) is 3.10. The second-order valence-corrected chi connectivity index (χ2v) is 6.49. The Morgan fingerprint density at radius 2 is 1.83 bits per heavy atom. The van der Waals surface area contributed by atoms with Gasteiger partial charge in [-0.05, 0) is 18.6 Å². The summed E-state index contributed by atoms with van der Waals surface area (Å²) >= 11 is 1.80. The first-order chi connectivity index (χ1) is 11.1. The van der Waals surface area contributed by atoms with Crippen molar-refractivity contribution in [1.82, 2.24) is 15.5 Å². The molecule has 0 aliphatic carbocycles. The van der Waals surface area contributed by atoms with Gasteiger partial charge in [0, 0.05) is 37.8 Å². The molecule has 0 aliphatic rings. The van der Waals surface area contributed by atoms with Gasteiger partial charge in [0.25, 0.3) is 0 Å². The van der Waals surface area contributed by atoms with Crippen molar-refractivity contribution in [1.29, 1.82) is 0 Å². The molecular formula is C17H29IN4OS. The van der Waals surface area contributed by atoms with E-state index in [0.717, 1.165) is 31.7 Å². The highest BCUT2D eigenvalue weighted by Crippen LogP contribution is 2.15. The van der Waals surface area contributed by atoms with Crippen LogP contribution in [0.15, 0.2) is 40.2 Å². The van der Waals surface area contributed by atoms with Crippen LogP contribution in [-0.4, -0.2) is 56.2 Å². The Morgan fingerprint density at radius 3 is 2.46 bits per heavy atom. The molecule has 5 nitrogen and oxygen atoms in total. The van der Waals surface area contributed by atoms with Crippen LogP contribution >= 0.6 is 35.7 Å². The molecule has 0 aliphatic heterocycles. The molecule has 0 bridgehead atoms. The Kier molecular flexibility index (Phi) is 13.8. The minimum Gasteiger partial charge on any atom is -0.356 e. The van der Waals surface area contributed by atoms with Gasteiger partial charge in [-0.1, -0.05) is 31.5 Å². The molecule has 0 fully saturated rings. The zero-order valence-corrected chi connectivity index (χ0v) is 17.9. The van der Waals surface area contributed by atoms with Crippen molar-refractivity contribution in [2.24, 2.45) is 4.99 Å². The predicted octanol–water partition coefficient (Wildman–Crippen LogP) is 2.82. The molecule has 0 atom stereocenters. The molecule has 0 aromatic heterocycles. The van der Waals surface area contributed by atoms with Gasteiger partial charge in [-0.15, -0.1) is 35.7 Å². The average molecular weight is 464 g/mol. The van der Waals surface area contributed by atoms with Crippen LogP contribution in [-0.2, 0) is 4.79 Å². The van der Waals surface area contributed by atoms with E-state index in [4.69, 9.17) is 0 Å². The molecule has 2 N–H and O–H groups in total. The number of rotatable bonds is 9. The van der Waals surface area contributed by atoms with Gasteiger partial charge in [0.1, 0.15) is 6.54 Å². The van der Waals surface area contributed by atoms with Crippen LogP contribution in [0.5, 0.6) is 0 Å². The van der Waals surface area contributed by atoms with Crippen molar-refractivity contribution in [2.75, 3.05) is 39.5 Å². The lowest BCUT2D eigenvalue weighted by Crippen LogP contribution is -2.40. The van der Waals surface area contributed by atoms with Crippen LogP contribution in [0.3, 0.4) is 0 Å². The number of halogens is 1. The van der Waals surface area contributed by atoms with Gasteiger partial charge in [-0.3, -0.25) is 4.79 Å². The first-order valence-corrected chi connectivity index (χ1v) is 9.02. The number of guanidine groups is 1. The van der Waals surface area contributed by atoms with Crippen molar-refractivity contribution < 1.29 is 4.79 Å². The van der Waals surface area contributed by atoms with Crippen LogP contribution in [0, 0.1) is 0 Å². The van der Waals surface area contributed by atoms with Gasteiger partial charge < -0.3 is 15.5 Å². The Bertz CT molecular complexity index is 483. The molecular weight excluding hydrogens is 435 g/mol. The molecule has 24 heavy (non-hydrogen) atoms. The predicted molar refractivity (Wildman–Crippen MR) is 114 cm³/mol. The Hall–Kier alpha value is -0.960. The molecule has 0 heterocycles. The quantitative estimate of drug-likeness (QED) is 0.194. The number of hydrogen-bond acceptors (Lipinski definition) is 3. The monoisotopic (exact) mass is 464 g/mol. The Morgan fingerprint density at radius 1 is 1.17 bits per heavy atom. The summed E-state index contributed by atoms with van der Waals surface area (Å²) in [6.07, 6.45) is 2.21. The number of aliphatic imine (C=N–C) groups is 1. The fraction of sp³-hybridized carbons (Fsp3) is 0.529. The highest BCUT2D eigenvalue weighted by atomic mass is 127. The van der Waals surface area contributed by atoms with Gasteiger partial charge in [0.05, 0.1) is 0 Å². The molecule has 136 valence electrons. The molecule has 7 heteroatoms. The van der Waals surface area contributed by atoms with Crippen molar-refractivity contribution in [2.45, 2.75) is 24.7 Å². The summed E-state index contributed by atoms with van der Waals surface area (Å²) in [6.45, 7) is 3.98. The van der Waals surface area contributed by atoms with Gasteiger partial charge >= 0.3 is 0 Å². The number of carbonyl (C=O) groups is 1. The minimum absolute atomic E-state index is 0. The van der Waals surface area contributed by atoms with E-state index in [9.17, 15) is 4.79 Å². The molecule has 0 saturated carbocycles. The SMILES string of the molecule is CCCCNC(=NCC(=O)N(C)C)NCCSc1ccccc1.I. The van der Waals surface area contributed by atoms with Crippen LogP contribution < -0.4 is 10.6 Å². The lowest BCUT2D eigenvalue weighted by molar-refractivity contribution is -0.127. The smallest absolute Gasteiger partial charge is 0.243 e. The van der Waals surface area contributed by atoms with Crippen LogP contribution in [0.1, 0.15) is 19.8 Å². The standard InChI is InChI=1S/C17H28N4OS.HI/c1-4-5-11-18-17(20-14-16(22)21(2)3)19-12-13-23-15-9-7-6-8-10-15;/h6-10H,4-5,11-14H2,1-3H3,(H2,18,19,20);1H. The van der Waals surface area contributed by atoms with Crippen molar-refractivity contribution >= 4 is 47.6 Å². The summed E-state index contributed by atoms with van der Waals surface area (Å²) in [4.78, 5) is 18.8. The van der Waals surface area contributed by atoms with Gasteiger partial charge in [0.15, 0.2) is 5.96 Å². The number of hydrogen-bond donors (Lipinski definition) is 2. The first kappa shape index (κ1) is 23.0. The van der Waals surface area contributed by atoms with E-state index in [1.54, 1.807) is 30.8 Å². The summed E-state index contributed by atoms with van der Waals surface area (Å²) in [5.41, 5.74) is 0. The fourth-order valence-corrected chi connectivity index (χ4v) is 2.49. The summed E-state index contributed by atoms with van der Waals surface area (Å²) in [5.74, 6) is 1.66. The fourth-order valence-electron chi connectivity index (χ4n) is 1.70. The maximum absolute atomic E-state index is 11.7. The van der Waals surface area contributed by atoms with Crippen molar-refractivity contribution in [3.63, 3.8) is 0 Å². The van der Waals surface area contributed by atoms with Gasteiger partial charge in [-0.2, -0.15) is 0 Å². The van der Waals surface area contributed by atoms with E-state index < -0.39 is 0 Å². The second kappa shape index (κ2) is 14.4. The molecule has 0 saturated heterocycles. The summed E-state index contributed by atoms with van der Waals surface area (Å²) < 4.78 is 0. The van der Waals surface area contributed by atoms with E-state index in [2.05, 4.69) is 34.7 Å². The molecule has 1 aromatic rings. The highest BCUT2D eigenvalue weighted by molar-refractivity contribution is 14.0. The topological polar surface area (TPSA) is 56.7 Å². The summed E-state index contributed by atoms with van der Waals surface area (Å²) in [5, 5.41) is 6.56. The van der Waals surface area contributed by atoms with E-state index in [-0.39, 0.29) is 36.4 Å².